The lowest BCUT2D eigenvalue weighted by molar-refractivity contribution is -0.114. The third-order valence-electron chi connectivity index (χ3n) is 4.00. The Hall–Kier alpha value is -1.92. The van der Waals surface area contributed by atoms with Crippen LogP contribution in [0.5, 0.6) is 0 Å². The SMILES string of the molecule is O=C1C(=O)N(Cc2cccc3[nH]ccc23)c2c(Br)cc(Br)cc21. The monoisotopic (exact) mass is 432 g/mol. The van der Waals surface area contributed by atoms with E-state index in [2.05, 4.69) is 36.8 Å². The second-order valence-corrected chi connectivity index (χ2v) is 7.13. The van der Waals surface area contributed by atoms with Crippen molar-refractivity contribution in [2.75, 3.05) is 4.90 Å². The molecule has 3 aromatic rings. The van der Waals surface area contributed by atoms with Crippen LogP contribution in [0.15, 0.2) is 51.5 Å². The number of fused-ring (bicyclic) bond motifs is 2. The average Bonchev–Trinajstić information content (AvgIpc) is 3.08. The minimum absolute atomic E-state index is 0.354. The van der Waals surface area contributed by atoms with Crippen LogP contribution in [0, 0.1) is 0 Å². The zero-order valence-corrected chi connectivity index (χ0v) is 14.9. The Morgan fingerprint density at radius 2 is 1.91 bits per heavy atom. The number of halogens is 2. The molecule has 114 valence electrons. The summed E-state index contributed by atoms with van der Waals surface area (Å²) in [7, 11) is 0. The van der Waals surface area contributed by atoms with Crippen molar-refractivity contribution >= 4 is 60.1 Å². The van der Waals surface area contributed by atoms with E-state index in [9.17, 15) is 9.59 Å². The van der Waals surface area contributed by atoms with Gasteiger partial charge in [-0.15, -0.1) is 0 Å². The van der Waals surface area contributed by atoms with Crippen molar-refractivity contribution in [1.29, 1.82) is 0 Å². The maximum absolute atomic E-state index is 12.4. The number of H-pyrrole nitrogens is 1. The molecule has 1 aliphatic heterocycles. The molecule has 4 nitrogen and oxygen atoms in total. The fraction of sp³-hybridized carbons (Fsp3) is 0.0588. The Bertz CT molecular complexity index is 978. The minimum atomic E-state index is -0.494. The van der Waals surface area contributed by atoms with Gasteiger partial charge >= 0.3 is 0 Å². The van der Waals surface area contributed by atoms with Crippen molar-refractivity contribution in [2.45, 2.75) is 6.54 Å². The summed E-state index contributed by atoms with van der Waals surface area (Å²) in [5.41, 5.74) is 3.07. The highest BCUT2D eigenvalue weighted by molar-refractivity contribution is 9.11. The molecule has 0 aliphatic carbocycles. The topological polar surface area (TPSA) is 53.2 Å². The molecule has 6 heteroatoms. The number of amides is 1. The first-order valence-electron chi connectivity index (χ1n) is 6.96. The first-order chi connectivity index (χ1) is 11.1. The minimum Gasteiger partial charge on any atom is -0.361 e. The Balaban J connectivity index is 1.83. The molecule has 0 saturated carbocycles. The van der Waals surface area contributed by atoms with Gasteiger partial charge in [-0.25, -0.2) is 0 Å². The van der Waals surface area contributed by atoms with Crippen molar-refractivity contribution in [3.05, 3.63) is 62.7 Å². The van der Waals surface area contributed by atoms with Gasteiger partial charge < -0.3 is 4.98 Å². The van der Waals surface area contributed by atoms with Crippen molar-refractivity contribution in [2.24, 2.45) is 0 Å². The number of aromatic amines is 1. The van der Waals surface area contributed by atoms with Crippen LogP contribution in [0.3, 0.4) is 0 Å². The number of nitrogens with one attached hydrogen (secondary N) is 1. The summed E-state index contributed by atoms with van der Waals surface area (Å²) < 4.78 is 1.49. The number of hydrogen-bond donors (Lipinski definition) is 1. The van der Waals surface area contributed by atoms with Gasteiger partial charge in [0.2, 0.25) is 0 Å². The lowest BCUT2D eigenvalue weighted by atomic mass is 10.1. The zero-order chi connectivity index (χ0) is 16.1. The van der Waals surface area contributed by atoms with Gasteiger partial charge in [0.25, 0.3) is 11.7 Å². The summed E-state index contributed by atoms with van der Waals surface area (Å²) in [5.74, 6) is -0.963. The van der Waals surface area contributed by atoms with Crippen molar-refractivity contribution < 1.29 is 9.59 Å². The standard InChI is InChI=1S/C17H10Br2N2O2/c18-10-6-12-15(13(19)7-10)21(17(23)16(12)22)8-9-2-1-3-14-11(9)4-5-20-14/h1-7,20H,8H2. The smallest absolute Gasteiger partial charge is 0.299 e. The Morgan fingerprint density at radius 1 is 1.09 bits per heavy atom. The number of Topliss-reactive ketones (excluding diaryl/α,β-unsaturated/α-hetero) is 1. The van der Waals surface area contributed by atoms with Gasteiger partial charge in [0.1, 0.15) is 0 Å². The van der Waals surface area contributed by atoms with Crippen LogP contribution in [0.4, 0.5) is 5.69 Å². The van der Waals surface area contributed by atoms with E-state index in [4.69, 9.17) is 0 Å². The Kier molecular flexibility index (Phi) is 3.39. The molecule has 0 radical (unpaired) electrons. The molecule has 0 saturated heterocycles. The van der Waals surface area contributed by atoms with E-state index in [1.54, 1.807) is 6.07 Å². The third-order valence-corrected chi connectivity index (χ3v) is 5.06. The van der Waals surface area contributed by atoms with Crippen molar-refractivity contribution in [3.8, 4) is 0 Å². The second-order valence-electron chi connectivity index (χ2n) is 5.36. The predicted octanol–water partition coefficient (Wildman–Crippen LogP) is 4.42. The van der Waals surface area contributed by atoms with E-state index in [-0.39, 0.29) is 0 Å². The van der Waals surface area contributed by atoms with E-state index in [1.165, 1.54) is 4.90 Å². The molecule has 2 heterocycles. The number of hydrogen-bond acceptors (Lipinski definition) is 2. The summed E-state index contributed by atoms with van der Waals surface area (Å²) in [6.45, 7) is 0.354. The lowest BCUT2D eigenvalue weighted by Gasteiger charge is -2.18. The van der Waals surface area contributed by atoms with Gasteiger partial charge in [0.15, 0.2) is 0 Å². The zero-order valence-electron chi connectivity index (χ0n) is 11.8. The molecule has 0 atom stereocenters. The van der Waals surface area contributed by atoms with Gasteiger partial charge in [-0.05, 0) is 45.8 Å². The van der Waals surface area contributed by atoms with Crippen LogP contribution in [-0.2, 0) is 11.3 Å². The number of anilines is 1. The number of ketones is 1. The normalized spacial score (nSPS) is 13.9. The van der Waals surface area contributed by atoms with Gasteiger partial charge in [-0.2, -0.15) is 0 Å². The molecule has 1 aromatic heterocycles. The third kappa shape index (κ3) is 2.24. The van der Waals surface area contributed by atoms with Crippen molar-refractivity contribution in [3.63, 3.8) is 0 Å². The van der Waals surface area contributed by atoms with Gasteiger partial charge in [-0.1, -0.05) is 28.1 Å². The van der Waals surface area contributed by atoms with Crippen LogP contribution < -0.4 is 4.90 Å². The molecule has 4 rings (SSSR count). The quantitative estimate of drug-likeness (QED) is 0.608. The number of carbonyl (C=O) groups is 2. The summed E-state index contributed by atoms with van der Waals surface area (Å²) in [5, 5.41) is 1.05. The summed E-state index contributed by atoms with van der Waals surface area (Å²) in [6, 6.07) is 11.4. The second kappa shape index (κ2) is 5.32. The molecule has 0 fully saturated rings. The fourth-order valence-corrected chi connectivity index (χ4v) is 4.40. The molecule has 1 aliphatic rings. The van der Waals surface area contributed by atoms with Crippen LogP contribution in [0.1, 0.15) is 15.9 Å². The molecule has 0 unspecified atom stereocenters. The molecule has 0 bridgehead atoms. The molecule has 1 N–H and O–H groups in total. The van der Waals surface area contributed by atoms with Crippen LogP contribution >= 0.6 is 31.9 Å². The number of nitrogens with zero attached hydrogens (tertiary/aromatic N) is 1. The number of rotatable bonds is 2. The Labute approximate surface area is 148 Å². The predicted molar refractivity (Wildman–Crippen MR) is 95.7 cm³/mol. The van der Waals surface area contributed by atoms with Gasteiger partial charge in [0.05, 0.1) is 17.8 Å². The maximum Gasteiger partial charge on any atom is 0.299 e. The molecule has 2 aromatic carbocycles. The van der Waals surface area contributed by atoms with E-state index in [1.807, 2.05) is 36.5 Å². The number of aromatic nitrogens is 1. The summed E-state index contributed by atoms with van der Waals surface area (Å²) in [4.78, 5) is 29.4. The highest BCUT2D eigenvalue weighted by Gasteiger charge is 2.37. The molecule has 0 spiro atoms. The molecule has 23 heavy (non-hydrogen) atoms. The van der Waals surface area contributed by atoms with Gasteiger partial charge in [-0.3, -0.25) is 14.5 Å². The maximum atomic E-state index is 12.4. The largest absolute Gasteiger partial charge is 0.361 e. The number of carbonyl (C=O) groups excluding carboxylic acids is 2. The van der Waals surface area contributed by atoms with Crippen LogP contribution in [-0.4, -0.2) is 16.7 Å². The van der Waals surface area contributed by atoms with Crippen LogP contribution in [0.2, 0.25) is 0 Å². The molecular formula is C17H10Br2N2O2. The number of benzene rings is 2. The van der Waals surface area contributed by atoms with E-state index in [0.717, 1.165) is 25.4 Å². The summed E-state index contributed by atoms with van der Waals surface area (Å²) in [6.07, 6.45) is 1.87. The highest BCUT2D eigenvalue weighted by Crippen LogP contribution is 2.39. The van der Waals surface area contributed by atoms with Crippen molar-refractivity contribution in [1.82, 2.24) is 4.98 Å². The fourth-order valence-electron chi connectivity index (χ4n) is 2.96. The average molecular weight is 434 g/mol. The first kappa shape index (κ1) is 14.7. The van der Waals surface area contributed by atoms with E-state index < -0.39 is 11.7 Å². The van der Waals surface area contributed by atoms with E-state index in [0.29, 0.717) is 17.8 Å². The molecule has 1 amide bonds. The van der Waals surface area contributed by atoms with Crippen LogP contribution in [0.25, 0.3) is 10.9 Å². The summed E-state index contributed by atoms with van der Waals surface area (Å²) >= 11 is 6.83. The molecular weight excluding hydrogens is 424 g/mol. The first-order valence-corrected chi connectivity index (χ1v) is 8.55. The van der Waals surface area contributed by atoms with Gasteiger partial charge in [0, 0.05) is 26.0 Å². The Morgan fingerprint density at radius 3 is 2.74 bits per heavy atom. The highest BCUT2D eigenvalue weighted by atomic mass is 79.9. The van der Waals surface area contributed by atoms with E-state index >= 15 is 0 Å². The lowest BCUT2D eigenvalue weighted by Crippen LogP contribution is -2.29.